The Kier molecular flexibility index (Phi) is 5.15. The first kappa shape index (κ1) is 21.2. The van der Waals surface area contributed by atoms with Crippen LogP contribution in [0.3, 0.4) is 0 Å². The summed E-state index contributed by atoms with van der Waals surface area (Å²) in [6.45, 7) is 0.147. The van der Waals surface area contributed by atoms with Gasteiger partial charge in [-0.15, -0.1) is 0 Å². The second-order valence-electron chi connectivity index (χ2n) is 8.13. The Morgan fingerprint density at radius 2 is 1.78 bits per heavy atom. The van der Waals surface area contributed by atoms with Crippen LogP contribution in [0.2, 0.25) is 0 Å². The lowest BCUT2D eigenvalue weighted by molar-refractivity contribution is -0.135. The molecule has 0 spiro atoms. The highest BCUT2D eigenvalue weighted by Crippen LogP contribution is 2.36. The molecule has 0 aliphatic heterocycles. The van der Waals surface area contributed by atoms with Crippen LogP contribution in [0.25, 0.3) is 22.1 Å². The van der Waals surface area contributed by atoms with E-state index in [1.54, 1.807) is 33.4 Å². The first-order chi connectivity index (χ1) is 15.2. The summed E-state index contributed by atoms with van der Waals surface area (Å²) in [6, 6.07) is 9.73. The Hall–Kier alpha value is -2.62. The molecule has 0 saturated heterocycles. The van der Waals surface area contributed by atoms with Crippen LogP contribution < -0.4 is 5.69 Å². The maximum atomic E-state index is 14.0. The lowest BCUT2D eigenvalue weighted by atomic mass is 10.2. The molecule has 1 aliphatic rings. The number of hydrogen-bond acceptors (Lipinski definition) is 2. The van der Waals surface area contributed by atoms with Gasteiger partial charge in [-0.3, -0.25) is 9.13 Å². The molecule has 4 aromatic rings. The Morgan fingerprint density at radius 3 is 2.50 bits per heavy atom. The highest BCUT2D eigenvalue weighted by Gasteiger charge is 2.30. The third-order valence-electron chi connectivity index (χ3n) is 5.77. The van der Waals surface area contributed by atoms with Crippen molar-refractivity contribution >= 4 is 38.0 Å². The third kappa shape index (κ3) is 3.96. The van der Waals surface area contributed by atoms with E-state index < -0.39 is 18.4 Å². The van der Waals surface area contributed by atoms with Crippen molar-refractivity contribution < 1.29 is 17.6 Å². The highest BCUT2D eigenvalue weighted by molar-refractivity contribution is 9.10. The molecular formula is C22H19BrF4N4O. The normalized spacial score (nSPS) is 14.7. The Labute approximate surface area is 188 Å². The number of rotatable bonds is 6. The molecule has 0 bridgehead atoms. The van der Waals surface area contributed by atoms with Gasteiger partial charge in [0.15, 0.2) is 0 Å². The molecule has 5 rings (SSSR count). The van der Waals surface area contributed by atoms with Crippen LogP contribution in [0.5, 0.6) is 0 Å². The molecule has 0 amide bonds. The number of alkyl halides is 3. The fourth-order valence-corrected chi connectivity index (χ4v) is 4.54. The van der Waals surface area contributed by atoms with Crippen LogP contribution in [0.15, 0.2) is 45.7 Å². The van der Waals surface area contributed by atoms with Crippen molar-refractivity contribution in [3.63, 3.8) is 0 Å². The summed E-state index contributed by atoms with van der Waals surface area (Å²) < 4.78 is 57.9. The molecule has 2 aromatic carbocycles. The van der Waals surface area contributed by atoms with Gasteiger partial charge in [-0.2, -0.15) is 13.2 Å². The molecule has 2 aromatic heterocycles. The van der Waals surface area contributed by atoms with Crippen LogP contribution in [-0.4, -0.2) is 24.9 Å². The van der Waals surface area contributed by atoms with Crippen LogP contribution in [0.1, 0.15) is 37.5 Å². The minimum Gasteiger partial charge on any atom is -0.326 e. The molecule has 10 heteroatoms. The number of aromatic nitrogens is 4. The van der Waals surface area contributed by atoms with Gasteiger partial charge in [0.1, 0.15) is 11.6 Å². The van der Waals surface area contributed by atoms with Crippen LogP contribution in [-0.2, 0) is 13.1 Å². The molecular weight excluding hydrogens is 492 g/mol. The number of nitrogens with zero attached hydrogens (tertiary/aromatic N) is 4. The topological polar surface area (TPSA) is 44.8 Å². The fraction of sp³-hybridized carbons (Fsp3) is 0.364. The number of aryl methyl sites for hydroxylation is 1. The van der Waals surface area contributed by atoms with Crippen LogP contribution >= 0.6 is 15.9 Å². The van der Waals surface area contributed by atoms with E-state index >= 15 is 0 Å². The van der Waals surface area contributed by atoms with E-state index in [0.29, 0.717) is 27.9 Å². The summed E-state index contributed by atoms with van der Waals surface area (Å²) in [5.74, 6) is 0.00305. The molecule has 32 heavy (non-hydrogen) atoms. The molecule has 0 atom stereocenters. The van der Waals surface area contributed by atoms with E-state index in [-0.39, 0.29) is 31.2 Å². The minimum atomic E-state index is -4.24. The number of hydrogen-bond donors (Lipinski definition) is 0. The molecule has 1 fully saturated rings. The molecule has 0 N–H and O–H groups in total. The lowest BCUT2D eigenvalue weighted by Crippen LogP contribution is -2.25. The van der Waals surface area contributed by atoms with E-state index in [1.807, 2.05) is 0 Å². The maximum Gasteiger partial charge on any atom is 0.389 e. The van der Waals surface area contributed by atoms with E-state index in [0.717, 1.165) is 17.3 Å². The summed E-state index contributed by atoms with van der Waals surface area (Å²) in [7, 11) is 0. The monoisotopic (exact) mass is 510 g/mol. The van der Waals surface area contributed by atoms with Crippen LogP contribution in [0, 0.1) is 5.82 Å². The van der Waals surface area contributed by atoms with Gasteiger partial charge in [0.05, 0.1) is 28.6 Å². The molecule has 168 valence electrons. The minimum absolute atomic E-state index is 0.0385. The van der Waals surface area contributed by atoms with Crippen molar-refractivity contribution in [1.29, 1.82) is 0 Å². The predicted molar refractivity (Wildman–Crippen MR) is 116 cm³/mol. The fourth-order valence-electron chi connectivity index (χ4n) is 4.19. The Morgan fingerprint density at radius 1 is 1.03 bits per heavy atom. The van der Waals surface area contributed by atoms with Gasteiger partial charge < -0.3 is 4.57 Å². The van der Waals surface area contributed by atoms with Gasteiger partial charge in [-0.25, -0.2) is 14.2 Å². The second kappa shape index (κ2) is 7.75. The Bertz CT molecular complexity index is 1380. The van der Waals surface area contributed by atoms with E-state index in [9.17, 15) is 22.4 Å². The first-order valence-corrected chi connectivity index (χ1v) is 11.1. The molecule has 1 saturated carbocycles. The van der Waals surface area contributed by atoms with Gasteiger partial charge >= 0.3 is 11.9 Å². The largest absolute Gasteiger partial charge is 0.389 e. The zero-order valence-corrected chi connectivity index (χ0v) is 18.5. The molecule has 5 nitrogen and oxygen atoms in total. The molecule has 0 unspecified atom stereocenters. The first-order valence-electron chi connectivity index (χ1n) is 10.3. The van der Waals surface area contributed by atoms with E-state index in [2.05, 4.69) is 20.9 Å². The van der Waals surface area contributed by atoms with E-state index in [1.165, 1.54) is 16.7 Å². The molecule has 2 heterocycles. The summed E-state index contributed by atoms with van der Waals surface area (Å²) in [6.07, 6.45) is -3.48. The van der Waals surface area contributed by atoms with Crippen molar-refractivity contribution in [2.75, 3.05) is 0 Å². The highest BCUT2D eigenvalue weighted by atomic mass is 79.9. The summed E-state index contributed by atoms with van der Waals surface area (Å²) in [4.78, 5) is 17.8. The van der Waals surface area contributed by atoms with Gasteiger partial charge in [-0.05, 0) is 55.7 Å². The summed E-state index contributed by atoms with van der Waals surface area (Å²) in [5.41, 5.74) is 2.16. The van der Waals surface area contributed by atoms with Crippen molar-refractivity contribution in [3.05, 3.63) is 63.0 Å². The lowest BCUT2D eigenvalue weighted by Gasteiger charge is -2.11. The standard InChI is InChI=1S/C22H19BrF4N4O/c23-13-2-6-17-16(10-13)28-20(29(17)9-1-8-22(25,26)27)12-30-19-11-14(24)3-7-18(19)31(21(30)32)15-4-5-15/h2-3,6-7,10-11,15H,1,4-5,8-9,12H2. The van der Waals surface area contributed by atoms with Gasteiger partial charge in [0.25, 0.3) is 0 Å². The van der Waals surface area contributed by atoms with Gasteiger partial charge in [0.2, 0.25) is 0 Å². The predicted octanol–water partition coefficient (Wildman–Crippen LogP) is 5.78. The van der Waals surface area contributed by atoms with Crippen molar-refractivity contribution in [2.45, 2.75) is 51.0 Å². The summed E-state index contributed by atoms with van der Waals surface area (Å²) >= 11 is 3.39. The SMILES string of the molecule is O=c1n(Cc2nc3cc(Br)ccc3n2CCCC(F)(F)F)c2cc(F)ccc2n1C1CC1. The van der Waals surface area contributed by atoms with Gasteiger partial charge in [0, 0.05) is 23.5 Å². The average Bonchev–Trinajstić information content (AvgIpc) is 3.44. The maximum absolute atomic E-state index is 14.0. The zero-order chi connectivity index (χ0) is 22.6. The van der Waals surface area contributed by atoms with Crippen molar-refractivity contribution in [3.8, 4) is 0 Å². The van der Waals surface area contributed by atoms with Crippen molar-refractivity contribution in [2.24, 2.45) is 0 Å². The molecule has 0 radical (unpaired) electrons. The number of benzene rings is 2. The second-order valence-corrected chi connectivity index (χ2v) is 9.05. The third-order valence-corrected chi connectivity index (χ3v) is 6.26. The summed E-state index contributed by atoms with van der Waals surface area (Å²) in [5, 5.41) is 0. The van der Waals surface area contributed by atoms with Crippen LogP contribution in [0.4, 0.5) is 17.6 Å². The zero-order valence-electron chi connectivity index (χ0n) is 16.9. The quantitative estimate of drug-likeness (QED) is 0.308. The smallest absolute Gasteiger partial charge is 0.326 e. The molecule has 1 aliphatic carbocycles. The van der Waals surface area contributed by atoms with Gasteiger partial charge in [-0.1, -0.05) is 15.9 Å². The van der Waals surface area contributed by atoms with E-state index in [4.69, 9.17) is 0 Å². The number of imidazole rings is 2. The average molecular weight is 511 g/mol. The van der Waals surface area contributed by atoms with Crippen molar-refractivity contribution in [1.82, 2.24) is 18.7 Å². The Balaban J connectivity index is 1.60. The number of halogens is 5. The number of fused-ring (bicyclic) bond motifs is 2.